The van der Waals surface area contributed by atoms with Crippen molar-refractivity contribution in [3.05, 3.63) is 158 Å². The summed E-state index contributed by atoms with van der Waals surface area (Å²) in [7, 11) is 0. The molecule has 0 bridgehead atoms. The highest BCUT2D eigenvalue weighted by atomic mass is 32.1. The first-order chi connectivity index (χ1) is 23.3. The second-order valence-electron chi connectivity index (χ2n) is 11.5. The minimum absolute atomic E-state index is 0.653. The maximum absolute atomic E-state index is 5.14. The number of hydrogen-bond donors (Lipinski definition) is 0. The van der Waals surface area contributed by atoms with Gasteiger partial charge in [-0.15, -0.1) is 11.3 Å². The zero-order chi connectivity index (χ0) is 31.2. The average Bonchev–Trinajstić information content (AvgIpc) is 3.53. The third-order valence-electron chi connectivity index (χ3n) is 8.53. The Morgan fingerprint density at radius 2 is 0.979 bits per heavy atom. The summed E-state index contributed by atoms with van der Waals surface area (Å²) in [5, 5.41) is 3.45. The molecule has 6 aromatic carbocycles. The number of para-hydroxylation sites is 1. The maximum atomic E-state index is 5.14. The van der Waals surface area contributed by atoms with Crippen LogP contribution < -0.4 is 0 Å². The number of hydrogen-bond acceptors (Lipinski definition) is 5. The minimum atomic E-state index is 0.653. The van der Waals surface area contributed by atoms with Gasteiger partial charge in [-0.3, -0.25) is 0 Å². The summed E-state index contributed by atoms with van der Waals surface area (Å²) >= 11 is 1.79. The number of aromatic nitrogens is 4. The Labute approximate surface area is 275 Å². The molecule has 0 unspecified atom stereocenters. The summed E-state index contributed by atoms with van der Waals surface area (Å²) in [6.07, 6.45) is 0. The van der Waals surface area contributed by atoms with Gasteiger partial charge in [0, 0.05) is 47.8 Å². The molecule has 0 amide bonds. The number of fused-ring (bicyclic) bond motifs is 4. The zero-order valence-electron chi connectivity index (χ0n) is 25.2. The SMILES string of the molecule is c1ccc(-c2nc(-c3ccccc3)nc(-c3cccc4sc5ccc(-c6cc(-c7ccccc7)c7ccccc7n6)cc5c34)n2)cc1. The van der Waals surface area contributed by atoms with Crippen LogP contribution in [0.1, 0.15) is 0 Å². The van der Waals surface area contributed by atoms with Crippen molar-refractivity contribution >= 4 is 42.4 Å². The Hall–Kier alpha value is -6.04. The molecule has 5 heteroatoms. The van der Waals surface area contributed by atoms with Gasteiger partial charge in [0.15, 0.2) is 17.5 Å². The fraction of sp³-hybridized carbons (Fsp3) is 0. The number of pyridine rings is 1. The summed E-state index contributed by atoms with van der Waals surface area (Å²) in [6, 6.07) is 54.5. The molecular formula is C42H26N4S. The molecule has 0 fully saturated rings. The van der Waals surface area contributed by atoms with E-state index in [2.05, 4.69) is 97.1 Å². The molecule has 3 heterocycles. The molecule has 0 aliphatic rings. The maximum Gasteiger partial charge on any atom is 0.164 e. The highest BCUT2D eigenvalue weighted by Crippen LogP contribution is 2.42. The zero-order valence-corrected chi connectivity index (χ0v) is 26.0. The first-order valence-corrected chi connectivity index (χ1v) is 16.4. The van der Waals surface area contributed by atoms with Gasteiger partial charge in [0.05, 0.1) is 11.2 Å². The third-order valence-corrected chi connectivity index (χ3v) is 9.67. The number of benzene rings is 6. The van der Waals surface area contributed by atoms with Crippen LogP contribution in [0, 0.1) is 0 Å². The van der Waals surface area contributed by atoms with Crippen LogP contribution in [-0.4, -0.2) is 19.9 Å². The summed E-state index contributed by atoms with van der Waals surface area (Å²) in [5.41, 5.74) is 8.24. The lowest BCUT2D eigenvalue weighted by atomic mass is 9.97. The molecule has 4 nitrogen and oxygen atoms in total. The largest absolute Gasteiger partial charge is 0.248 e. The molecule has 9 rings (SSSR count). The van der Waals surface area contributed by atoms with Crippen molar-refractivity contribution in [2.75, 3.05) is 0 Å². The van der Waals surface area contributed by atoms with Crippen molar-refractivity contribution in [3.63, 3.8) is 0 Å². The van der Waals surface area contributed by atoms with Gasteiger partial charge in [-0.1, -0.05) is 127 Å². The van der Waals surface area contributed by atoms with Crippen molar-refractivity contribution in [1.29, 1.82) is 0 Å². The summed E-state index contributed by atoms with van der Waals surface area (Å²) in [4.78, 5) is 20.2. The fourth-order valence-electron chi connectivity index (χ4n) is 6.28. The van der Waals surface area contributed by atoms with Crippen LogP contribution in [0.3, 0.4) is 0 Å². The average molecular weight is 619 g/mol. The van der Waals surface area contributed by atoms with E-state index in [4.69, 9.17) is 19.9 Å². The number of thiophene rings is 1. The van der Waals surface area contributed by atoms with Crippen molar-refractivity contribution in [3.8, 4) is 56.5 Å². The smallest absolute Gasteiger partial charge is 0.164 e. The molecule has 0 aliphatic carbocycles. The summed E-state index contributed by atoms with van der Waals surface area (Å²) in [5.74, 6) is 1.96. The third kappa shape index (κ3) is 4.94. The van der Waals surface area contributed by atoms with E-state index >= 15 is 0 Å². The summed E-state index contributed by atoms with van der Waals surface area (Å²) in [6.45, 7) is 0. The molecule has 9 aromatic rings. The van der Waals surface area contributed by atoms with E-state index in [9.17, 15) is 0 Å². The molecule has 0 spiro atoms. The Morgan fingerprint density at radius 1 is 0.362 bits per heavy atom. The minimum Gasteiger partial charge on any atom is -0.248 e. The van der Waals surface area contributed by atoms with Crippen LogP contribution in [0.4, 0.5) is 0 Å². The fourth-order valence-corrected chi connectivity index (χ4v) is 7.39. The van der Waals surface area contributed by atoms with E-state index in [1.807, 2.05) is 60.7 Å². The van der Waals surface area contributed by atoms with Crippen LogP contribution in [0.5, 0.6) is 0 Å². The molecule has 0 radical (unpaired) electrons. The molecule has 220 valence electrons. The van der Waals surface area contributed by atoms with Gasteiger partial charge >= 0.3 is 0 Å². The molecule has 0 N–H and O–H groups in total. The lowest BCUT2D eigenvalue weighted by Crippen LogP contribution is -2.00. The van der Waals surface area contributed by atoms with E-state index in [-0.39, 0.29) is 0 Å². The lowest BCUT2D eigenvalue weighted by molar-refractivity contribution is 1.08. The second-order valence-corrected chi connectivity index (χ2v) is 12.6. The van der Waals surface area contributed by atoms with E-state index in [0.29, 0.717) is 17.5 Å². The van der Waals surface area contributed by atoms with Crippen molar-refractivity contribution < 1.29 is 0 Å². The molecule has 0 saturated heterocycles. The normalized spacial score (nSPS) is 11.4. The van der Waals surface area contributed by atoms with Crippen molar-refractivity contribution in [2.45, 2.75) is 0 Å². The highest BCUT2D eigenvalue weighted by Gasteiger charge is 2.18. The van der Waals surface area contributed by atoms with E-state index < -0.39 is 0 Å². The quantitative estimate of drug-likeness (QED) is 0.193. The Bertz CT molecular complexity index is 2500. The van der Waals surface area contributed by atoms with Crippen LogP contribution in [0.2, 0.25) is 0 Å². The molecule has 0 atom stereocenters. The first-order valence-electron chi connectivity index (χ1n) is 15.6. The highest BCUT2D eigenvalue weighted by molar-refractivity contribution is 7.26. The molecule has 3 aromatic heterocycles. The Balaban J connectivity index is 1.26. The monoisotopic (exact) mass is 618 g/mol. The van der Waals surface area contributed by atoms with Gasteiger partial charge in [0.1, 0.15) is 0 Å². The number of nitrogens with zero attached hydrogens (tertiary/aromatic N) is 4. The number of rotatable bonds is 5. The van der Waals surface area contributed by atoms with E-state index in [1.165, 1.54) is 20.5 Å². The van der Waals surface area contributed by atoms with Gasteiger partial charge in [0.25, 0.3) is 0 Å². The first kappa shape index (κ1) is 27.3. The van der Waals surface area contributed by atoms with E-state index in [1.54, 1.807) is 11.3 Å². The Kier molecular flexibility index (Phi) is 6.61. The molecule has 0 saturated carbocycles. The van der Waals surface area contributed by atoms with Crippen molar-refractivity contribution in [2.24, 2.45) is 0 Å². The van der Waals surface area contributed by atoms with Crippen LogP contribution in [-0.2, 0) is 0 Å². The molecular weight excluding hydrogens is 593 g/mol. The standard InChI is InChI=1S/C42H26N4S/c1-4-13-27(14-5-1)33-26-36(43-35-21-11-10-19-31(33)35)30-23-24-37-34(25-30)39-32(20-12-22-38(39)47-37)42-45-40(28-15-6-2-7-16-28)44-41(46-42)29-17-8-3-9-18-29/h1-26H. The van der Waals surface area contributed by atoms with Gasteiger partial charge in [0.2, 0.25) is 0 Å². The predicted molar refractivity (Wildman–Crippen MR) is 195 cm³/mol. The van der Waals surface area contributed by atoms with Gasteiger partial charge in [-0.2, -0.15) is 0 Å². The molecule has 47 heavy (non-hydrogen) atoms. The summed E-state index contributed by atoms with van der Waals surface area (Å²) < 4.78 is 2.40. The van der Waals surface area contributed by atoms with Crippen LogP contribution in [0.25, 0.3) is 87.6 Å². The van der Waals surface area contributed by atoms with Crippen LogP contribution in [0.15, 0.2) is 158 Å². The second kappa shape index (κ2) is 11.4. The van der Waals surface area contributed by atoms with E-state index in [0.717, 1.165) is 49.6 Å². The Morgan fingerprint density at radius 3 is 1.68 bits per heavy atom. The lowest BCUT2D eigenvalue weighted by Gasteiger charge is -2.11. The van der Waals surface area contributed by atoms with Crippen LogP contribution >= 0.6 is 11.3 Å². The molecule has 0 aliphatic heterocycles. The van der Waals surface area contributed by atoms with Crippen molar-refractivity contribution in [1.82, 2.24) is 19.9 Å². The van der Waals surface area contributed by atoms with Gasteiger partial charge < -0.3 is 0 Å². The van der Waals surface area contributed by atoms with Gasteiger partial charge in [-0.25, -0.2) is 19.9 Å². The topological polar surface area (TPSA) is 51.6 Å². The van der Waals surface area contributed by atoms with Gasteiger partial charge in [-0.05, 0) is 41.5 Å². The predicted octanol–water partition coefficient (Wildman–Crippen LogP) is 11.1.